The highest BCUT2D eigenvalue weighted by atomic mass is 79.9. The number of methoxy groups -OCH3 is 1. The second kappa shape index (κ2) is 7.61. The maximum atomic E-state index is 12.1. The van der Waals surface area contributed by atoms with Crippen LogP contribution >= 0.6 is 15.9 Å². The molecule has 110 valence electrons. The fraction of sp³-hybridized carbons (Fsp3) is 0.500. The summed E-state index contributed by atoms with van der Waals surface area (Å²) < 4.78 is 11.6. The van der Waals surface area contributed by atoms with Gasteiger partial charge in [0.1, 0.15) is 0 Å². The maximum absolute atomic E-state index is 12.1. The van der Waals surface area contributed by atoms with Gasteiger partial charge in [0.2, 0.25) is 0 Å². The molecule has 1 aromatic carbocycles. The summed E-state index contributed by atoms with van der Waals surface area (Å²) in [6.07, 6.45) is -0.0350. The monoisotopic (exact) mass is 342 g/mol. The van der Waals surface area contributed by atoms with Crippen LogP contribution in [-0.2, 0) is 16.0 Å². The molecule has 0 aromatic heterocycles. The third-order valence-corrected chi connectivity index (χ3v) is 3.66. The van der Waals surface area contributed by atoms with Crippen LogP contribution in [0.1, 0.15) is 5.56 Å². The van der Waals surface area contributed by atoms with E-state index in [-0.39, 0.29) is 12.1 Å². The van der Waals surface area contributed by atoms with Gasteiger partial charge < -0.3 is 19.7 Å². The van der Waals surface area contributed by atoms with E-state index in [2.05, 4.69) is 21.2 Å². The van der Waals surface area contributed by atoms with Crippen LogP contribution in [0.15, 0.2) is 28.7 Å². The molecule has 5 nitrogen and oxygen atoms in total. The minimum Gasteiger partial charge on any atom is -0.382 e. The number of nitrogens with one attached hydrogen (secondary N) is 1. The zero-order chi connectivity index (χ0) is 14.4. The Hall–Kier alpha value is -1.11. The predicted octanol–water partition coefficient (Wildman–Crippen LogP) is 2.01. The number of hydrogen-bond acceptors (Lipinski definition) is 3. The smallest absolute Gasteiger partial charge is 0.317 e. The van der Waals surface area contributed by atoms with Crippen molar-refractivity contribution in [2.45, 2.75) is 12.6 Å². The number of amides is 2. The Morgan fingerprint density at radius 2 is 2.25 bits per heavy atom. The molecule has 1 unspecified atom stereocenters. The van der Waals surface area contributed by atoms with E-state index in [1.54, 1.807) is 12.0 Å². The number of rotatable bonds is 4. The van der Waals surface area contributed by atoms with Gasteiger partial charge in [0.15, 0.2) is 0 Å². The van der Waals surface area contributed by atoms with Crippen LogP contribution in [0.4, 0.5) is 4.79 Å². The Balaban J connectivity index is 1.80. The van der Waals surface area contributed by atoms with Gasteiger partial charge in [0, 0.05) is 24.7 Å². The summed E-state index contributed by atoms with van der Waals surface area (Å²) in [5.74, 6) is 0. The molecular formula is C14H19BrN2O3. The number of morpholine rings is 1. The van der Waals surface area contributed by atoms with Gasteiger partial charge in [-0.1, -0.05) is 28.1 Å². The number of halogens is 1. The van der Waals surface area contributed by atoms with Gasteiger partial charge in [-0.2, -0.15) is 0 Å². The van der Waals surface area contributed by atoms with E-state index in [9.17, 15) is 4.79 Å². The number of benzene rings is 1. The minimum atomic E-state index is -0.0580. The summed E-state index contributed by atoms with van der Waals surface area (Å²) in [6, 6.07) is 7.84. The molecule has 1 N–H and O–H groups in total. The van der Waals surface area contributed by atoms with Crippen LogP contribution in [0.3, 0.4) is 0 Å². The van der Waals surface area contributed by atoms with Crippen molar-refractivity contribution < 1.29 is 14.3 Å². The molecule has 0 aliphatic carbocycles. The first-order valence-electron chi connectivity index (χ1n) is 6.57. The van der Waals surface area contributed by atoms with E-state index in [1.807, 2.05) is 24.3 Å². The van der Waals surface area contributed by atoms with Crippen molar-refractivity contribution in [3.05, 3.63) is 34.3 Å². The summed E-state index contributed by atoms with van der Waals surface area (Å²) in [5.41, 5.74) is 1.07. The Labute approximate surface area is 127 Å². The molecule has 6 heteroatoms. The number of urea groups is 1. The van der Waals surface area contributed by atoms with Crippen molar-refractivity contribution in [2.24, 2.45) is 0 Å². The van der Waals surface area contributed by atoms with Gasteiger partial charge in [0.25, 0.3) is 0 Å². The van der Waals surface area contributed by atoms with Gasteiger partial charge in [-0.3, -0.25) is 0 Å². The molecule has 1 aliphatic heterocycles. The van der Waals surface area contributed by atoms with Gasteiger partial charge in [-0.05, 0) is 17.7 Å². The molecule has 20 heavy (non-hydrogen) atoms. The van der Waals surface area contributed by atoms with Gasteiger partial charge >= 0.3 is 6.03 Å². The number of carbonyl (C=O) groups excluding carboxylic acids is 1. The Kier molecular flexibility index (Phi) is 5.82. The van der Waals surface area contributed by atoms with Gasteiger partial charge in [-0.25, -0.2) is 4.79 Å². The molecule has 0 saturated carbocycles. The molecule has 1 aliphatic rings. The third kappa shape index (κ3) is 4.47. The van der Waals surface area contributed by atoms with Crippen LogP contribution in [0.2, 0.25) is 0 Å². The summed E-state index contributed by atoms with van der Waals surface area (Å²) >= 11 is 3.39. The fourth-order valence-corrected chi connectivity index (χ4v) is 2.35. The molecule has 1 atom stereocenters. The SMILES string of the molecule is COCC1CN(C(=O)NCc2ccc(Br)cc2)CCO1. The molecule has 0 spiro atoms. The largest absolute Gasteiger partial charge is 0.382 e. The van der Waals surface area contributed by atoms with Crippen molar-refractivity contribution in [1.29, 1.82) is 0 Å². The molecule has 2 amide bonds. The van der Waals surface area contributed by atoms with Crippen molar-refractivity contribution in [3.8, 4) is 0 Å². The molecule has 1 heterocycles. The second-order valence-corrected chi connectivity index (χ2v) is 5.60. The highest BCUT2D eigenvalue weighted by Gasteiger charge is 2.23. The lowest BCUT2D eigenvalue weighted by Crippen LogP contribution is -2.50. The Morgan fingerprint density at radius 1 is 1.50 bits per heavy atom. The summed E-state index contributed by atoms with van der Waals surface area (Å²) in [7, 11) is 1.63. The minimum absolute atomic E-state index is 0.0350. The standard InChI is InChI=1S/C14H19BrN2O3/c1-19-10-13-9-17(6-7-20-13)14(18)16-8-11-2-4-12(15)5-3-11/h2-5,13H,6-10H2,1H3,(H,16,18). The average molecular weight is 343 g/mol. The van der Waals surface area contributed by atoms with Crippen molar-refractivity contribution in [3.63, 3.8) is 0 Å². The number of ether oxygens (including phenoxy) is 2. The van der Waals surface area contributed by atoms with Gasteiger partial charge in [0.05, 0.1) is 25.9 Å². The highest BCUT2D eigenvalue weighted by Crippen LogP contribution is 2.11. The summed E-state index contributed by atoms with van der Waals surface area (Å²) in [4.78, 5) is 13.9. The van der Waals surface area contributed by atoms with Crippen LogP contribution < -0.4 is 5.32 Å². The van der Waals surface area contributed by atoms with Crippen LogP contribution in [0.25, 0.3) is 0 Å². The molecule has 1 aromatic rings. The van der Waals surface area contributed by atoms with Crippen LogP contribution in [0, 0.1) is 0 Å². The number of hydrogen-bond donors (Lipinski definition) is 1. The molecule has 1 fully saturated rings. The number of carbonyl (C=O) groups is 1. The molecule has 0 bridgehead atoms. The Morgan fingerprint density at radius 3 is 2.95 bits per heavy atom. The fourth-order valence-electron chi connectivity index (χ4n) is 2.08. The first-order valence-corrected chi connectivity index (χ1v) is 7.36. The zero-order valence-corrected chi connectivity index (χ0v) is 13.1. The maximum Gasteiger partial charge on any atom is 0.317 e. The topological polar surface area (TPSA) is 50.8 Å². The first-order chi connectivity index (χ1) is 9.69. The summed E-state index contributed by atoms with van der Waals surface area (Å²) in [6.45, 7) is 2.78. The normalized spacial score (nSPS) is 18.9. The second-order valence-electron chi connectivity index (χ2n) is 4.68. The third-order valence-electron chi connectivity index (χ3n) is 3.14. The van der Waals surface area contributed by atoms with E-state index in [0.717, 1.165) is 10.0 Å². The zero-order valence-electron chi connectivity index (χ0n) is 11.5. The quantitative estimate of drug-likeness (QED) is 0.910. The van der Waals surface area contributed by atoms with E-state index in [4.69, 9.17) is 9.47 Å². The lowest BCUT2D eigenvalue weighted by Gasteiger charge is -2.32. The Bertz CT molecular complexity index is 437. The van der Waals surface area contributed by atoms with Crippen molar-refractivity contribution >= 4 is 22.0 Å². The molecule has 1 saturated heterocycles. The van der Waals surface area contributed by atoms with E-state index < -0.39 is 0 Å². The van der Waals surface area contributed by atoms with Crippen LogP contribution in [-0.4, -0.2) is 50.4 Å². The first kappa shape index (κ1) is 15.3. The van der Waals surface area contributed by atoms with Crippen molar-refractivity contribution in [1.82, 2.24) is 10.2 Å². The molecule has 2 rings (SSSR count). The average Bonchev–Trinajstić information content (AvgIpc) is 2.47. The molecule has 0 radical (unpaired) electrons. The number of nitrogens with zero attached hydrogens (tertiary/aromatic N) is 1. The van der Waals surface area contributed by atoms with Crippen molar-refractivity contribution in [2.75, 3.05) is 33.4 Å². The van der Waals surface area contributed by atoms with E-state index >= 15 is 0 Å². The van der Waals surface area contributed by atoms with Gasteiger partial charge in [-0.15, -0.1) is 0 Å². The lowest BCUT2D eigenvalue weighted by atomic mass is 10.2. The van der Waals surface area contributed by atoms with Crippen LogP contribution in [0.5, 0.6) is 0 Å². The molecular weight excluding hydrogens is 324 g/mol. The predicted molar refractivity (Wildman–Crippen MR) is 79.6 cm³/mol. The summed E-state index contributed by atoms with van der Waals surface area (Å²) in [5, 5.41) is 2.93. The van der Waals surface area contributed by atoms with E-state index in [1.165, 1.54) is 0 Å². The lowest BCUT2D eigenvalue weighted by molar-refractivity contribution is -0.0494. The van der Waals surface area contributed by atoms with E-state index in [0.29, 0.717) is 32.8 Å². The highest BCUT2D eigenvalue weighted by molar-refractivity contribution is 9.10.